The first kappa shape index (κ1) is 17.0. The molecule has 1 atom stereocenters. The van der Waals surface area contributed by atoms with Crippen LogP contribution < -0.4 is 5.48 Å². The minimum Gasteiger partial charge on any atom is -0.289 e. The summed E-state index contributed by atoms with van der Waals surface area (Å²) >= 11 is 0. The standard InChI is InChI=1S/C22H19N3O2/c26-22(24-27)21(14-16-8-3-1-4-9-16)25-20-13-7-12-18(19(20)15-23-25)17-10-5-2-6-11-17/h1-13,15,21,27H,14H2,(H,24,26). The Labute approximate surface area is 156 Å². The Balaban J connectivity index is 1.80. The van der Waals surface area contributed by atoms with Crippen molar-refractivity contribution in [2.45, 2.75) is 12.5 Å². The van der Waals surface area contributed by atoms with Gasteiger partial charge >= 0.3 is 0 Å². The number of nitrogens with one attached hydrogen (secondary N) is 1. The van der Waals surface area contributed by atoms with Crippen LogP contribution in [0.3, 0.4) is 0 Å². The normalized spacial score (nSPS) is 12.0. The Morgan fingerprint density at radius 1 is 0.963 bits per heavy atom. The second kappa shape index (κ2) is 7.43. The lowest BCUT2D eigenvalue weighted by Gasteiger charge is -2.17. The largest absolute Gasteiger partial charge is 0.289 e. The third kappa shape index (κ3) is 3.32. The van der Waals surface area contributed by atoms with Crippen molar-refractivity contribution >= 4 is 16.8 Å². The Morgan fingerprint density at radius 3 is 2.37 bits per heavy atom. The van der Waals surface area contributed by atoms with Gasteiger partial charge in [0.15, 0.2) is 0 Å². The number of amides is 1. The molecule has 1 unspecified atom stereocenters. The quantitative estimate of drug-likeness (QED) is 0.419. The van der Waals surface area contributed by atoms with Gasteiger partial charge in [-0.05, 0) is 22.8 Å². The second-order valence-corrected chi connectivity index (χ2v) is 6.38. The van der Waals surface area contributed by atoms with Gasteiger partial charge in [-0.25, -0.2) is 5.48 Å². The zero-order valence-corrected chi connectivity index (χ0v) is 14.6. The number of rotatable bonds is 5. The third-order valence-electron chi connectivity index (χ3n) is 4.71. The molecule has 1 amide bonds. The van der Waals surface area contributed by atoms with Crippen LogP contribution in [0.1, 0.15) is 11.6 Å². The predicted molar refractivity (Wildman–Crippen MR) is 104 cm³/mol. The number of carbonyl (C=O) groups is 1. The fourth-order valence-electron chi connectivity index (χ4n) is 3.39. The first-order valence-corrected chi connectivity index (χ1v) is 8.77. The molecule has 0 saturated carbocycles. The van der Waals surface area contributed by atoms with Crippen LogP contribution >= 0.6 is 0 Å². The molecule has 0 radical (unpaired) electrons. The first-order valence-electron chi connectivity index (χ1n) is 8.77. The van der Waals surface area contributed by atoms with Gasteiger partial charge in [0.25, 0.3) is 5.91 Å². The average molecular weight is 357 g/mol. The number of hydroxylamine groups is 1. The minimum absolute atomic E-state index is 0.430. The van der Waals surface area contributed by atoms with Crippen LogP contribution in [0, 0.1) is 0 Å². The summed E-state index contributed by atoms with van der Waals surface area (Å²) in [4.78, 5) is 12.4. The van der Waals surface area contributed by atoms with Crippen LogP contribution in [0.4, 0.5) is 0 Å². The fourth-order valence-corrected chi connectivity index (χ4v) is 3.39. The van der Waals surface area contributed by atoms with Crippen molar-refractivity contribution in [3.63, 3.8) is 0 Å². The maximum absolute atomic E-state index is 12.4. The first-order chi connectivity index (χ1) is 13.3. The monoisotopic (exact) mass is 357 g/mol. The van der Waals surface area contributed by atoms with Gasteiger partial charge in [0.1, 0.15) is 6.04 Å². The van der Waals surface area contributed by atoms with Crippen LogP contribution in [0.5, 0.6) is 0 Å². The molecule has 1 aromatic heterocycles. The van der Waals surface area contributed by atoms with Crippen LogP contribution in [0.25, 0.3) is 22.0 Å². The van der Waals surface area contributed by atoms with Gasteiger partial charge in [-0.15, -0.1) is 0 Å². The number of hydrogen-bond donors (Lipinski definition) is 2. The lowest BCUT2D eigenvalue weighted by molar-refractivity contribution is -0.132. The molecule has 2 N–H and O–H groups in total. The van der Waals surface area contributed by atoms with E-state index < -0.39 is 11.9 Å². The van der Waals surface area contributed by atoms with Crippen LogP contribution in [0.15, 0.2) is 85.1 Å². The number of hydrogen-bond acceptors (Lipinski definition) is 3. The Kier molecular flexibility index (Phi) is 4.68. The molecule has 0 spiro atoms. The van der Waals surface area contributed by atoms with Crippen molar-refractivity contribution in [1.82, 2.24) is 15.3 Å². The van der Waals surface area contributed by atoms with Crippen molar-refractivity contribution in [1.29, 1.82) is 0 Å². The highest BCUT2D eigenvalue weighted by atomic mass is 16.5. The van der Waals surface area contributed by atoms with E-state index in [-0.39, 0.29) is 0 Å². The summed E-state index contributed by atoms with van der Waals surface area (Å²) in [5.41, 5.74) is 5.78. The zero-order valence-electron chi connectivity index (χ0n) is 14.6. The van der Waals surface area contributed by atoms with Gasteiger partial charge in [-0.1, -0.05) is 72.8 Å². The molecule has 27 heavy (non-hydrogen) atoms. The molecule has 0 aliphatic carbocycles. The summed E-state index contributed by atoms with van der Waals surface area (Å²) in [6, 6.07) is 25.1. The number of carbonyl (C=O) groups excluding carboxylic acids is 1. The molecule has 0 bridgehead atoms. The van der Waals surface area contributed by atoms with Gasteiger partial charge in [0.2, 0.25) is 0 Å². The van der Waals surface area contributed by atoms with Gasteiger partial charge < -0.3 is 0 Å². The second-order valence-electron chi connectivity index (χ2n) is 6.38. The highest BCUT2D eigenvalue weighted by Gasteiger charge is 2.24. The van der Waals surface area contributed by atoms with Gasteiger partial charge in [-0.2, -0.15) is 5.10 Å². The number of aromatic nitrogens is 2. The molecule has 134 valence electrons. The molecule has 5 heteroatoms. The Bertz CT molecular complexity index is 1060. The molecule has 0 saturated heterocycles. The van der Waals surface area contributed by atoms with E-state index in [2.05, 4.69) is 5.10 Å². The van der Waals surface area contributed by atoms with Crippen LogP contribution in [-0.2, 0) is 11.2 Å². The van der Waals surface area contributed by atoms with Crippen molar-refractivity contribution in [2.24, 2.45) is 0 Å². The molecule has 4 aromatic rings. The van der Waals surface area contributed by atoms with E-state index >= 15 is 0 Å². The van der Waals surface area contributed by atoms with Crippen LogP contribution in [0.2, 0.25) is 0 Å². The SMILES string of the molecule is O=C(NO)C(Cc1ccccc1)n1ncc2c(-c3ccccc3)cccc21. The molecule has 0 fully saturated rings. The molecular formula is C22H19N3O2. The molecule has 4 rings (SSSR count). The lowest BCUT2D eigenvalue weighted by atomic mass is 10.0. The predicted octanol–water partition coefficient (Wildman–Crippen LogP) is 3.99. The number of fused-ring (bicyclic) bond motifs is 1. The Morgan fingerprint density at radius 2 is 1.67 bits per heavy atom. The number of benzene rings is 3. The highest BCUT2D eigenvalue weighted by Crippen LogP contribution is 2.30. The summed E-state index contributed by atoms with van der Waals surface area (Å²) < 4.78 is 1.68. The summed E-state index contributed by atoms with van der Waals surface area (Å²) in [5, 5.41) is 14.7. The van der Waals surface area contributed by atoms with E-state index in [1.165, 1.54) is 0 Å². The molecule has 1 heterocycles. The smallest absolute Gasteiger partial charge is 0.268 e. The lowest BCUT2D eigenvalue weighted by Crippen LogP contribution is -2.32. The zero-order chi connectivity index (χ0) is 18.6. The van der Waals surface area contributed by atoms with Crippen molar-refractivity contribution in [3.05, 3.63) is 90.6 Å². The van der Waals surface area contributed by atoms with Crippen molar-refractivity contribution in [2.75, 3.05) is 0 Å². The molecule has 3 aromatic carbocycles. The summed E-state index contributed by atoms with van der Waals surface area (Å²) in [6.45, 7) is 0. The summed E-state index contributed by atoms with van der Waals surface area (Å²) in [7, 11) is 0. The van der Waals surface area contributed by atoms with Crippen LogP contribution in [-0.4, -0.2) is 20.9 Å². The average Bonchev–Trinajstić information content (AvgIpc) is 3.17. The molecule has 5 nitrogen and oxygen atoms in total. The van der Waals surface area contributed by atoms with E-state index in [0.29, 0.717) is 6.42 Å². The topological polar surface area (TPSA) is 67.2 Å². The number of nitrogens with zero attached hydrogens (tertiary/aromatic N) is 2. The maximum atomic E-state index is 12.4. The summed E-state index contributed by atoms with van der Waals surface area (Å²) in [5.74, 6) is -0.492. The van der Waals surface area contributed by atoms with Gasteiger partial charge in [-0.3, -0.25) is 14.7 Å². The summed E-state index contributed by atoms with van der Waals surface area (Å²) in [6.07, 6.45) is 2.21. The van der Waals surface area contributed by atoms with Gasteiger partial charge in [0, 0.05) is 11.8 Å². The van der Waals surface area contributed by atoms with E-state index in [1.54, 1.807) is 16.4 Å². The van der Waals surface area contributed by atoms with E-state index in [0.717, 1.165) is 27.6 Å². The third-order valence-corrected chi connectivity index (χ3v) is 4.71. The van der Waals surface area contributed by atoms with Crippen molar-refractivity contribution < 1.29 is 10.0 Å². The molecular weight excluding hydrogens is 338 g/mol. The minimum atomic E-state index is -0.652. The molecule has 0 aliphatic rings. The molecule has 0 aliphatic heterocycles. The van der Waals surface area contributed by atoms with E-state index in [4.69, 9.17) is 0 Å². The van der Waals surface area contributed by atoms with Gasteiger partial charge in [0.05, 0.1) is 11.7 Å². The Hall–Kier alpha value is -3.44. The fraction of sp³-hybridized carbons (Fsp3) is 0.0909. The van der Waals surface area contributed by atoms with E-state index in [1.807, 2.05) is 78.9 Å². The highest BCUT2D eigenvalue weighted by molar-refractivity contribution is 5.95. The van der Waals surface area contributed by atoms with Crippen molar-refractivity contribution in [3.8, 4) is 11.1 Å². The van der Waals surface area contributed by atoms with E-state index in [9.17, 15) is 10.0 Å². The maximum Gasteiger partial charge on any atom is 0.268 e.